The quantitative estimate of drug-likeness (QED) is 0.302. The van der Waals surface area contributed by atoms with Gasteiger partial charge in [-0.25, -0.2) is 0 Å². The average Bonchev–Trinajstić information content (AvgIpc) is 2.93. The summed E-state index contributed by atoms with van der Waals surface area (Å²) in [6, 6.07) is 26.1. The maximum absolute atomic E-state index is 8.63. The number of benzene rings is 3. The Morgan fingerprint density at radius 2 is 0.781 bits per heavy atom. The van der Waals surface area contributed by atoms with Gasteiger partial charge in [0.25, 0.3) is 0 Å². The summed E-state index contributed by atoms with van der Waals surface area (Å²) >= 11 is 0. The molecule has 1 aliphatic rings. The minimum Gasteiger partial charge on any atom is -0.660 e. The molecule has 0 aromatic heterocycles. The maximum atomic E-state index is 8.63. The zero-order chi connectivity index (χ0) is 21.7. The fourth-order valence-corrected chi connectivity index (χ4v) is 2.14. The molecule has 1 saturated heterocycles. The molecule has 3 aromatic carbocycles. The Morgan fingerprint density at radius 1 is 0.500 bits per heavy atom. The fraction of sp³-hybridized carbons (Fsp3) is 0.250. The van der Waals surface area contributed by atoms with Gasteiger partial charge in [0.1, 0.15) is 17.2 Å². The van der Waals surface area contributed by atoms with Crippen LogP contribution >= 0.6 is 12.4 Å². The number of rotatable bonds is 0. The monoisotopic (exact) mass is 494 g/mol. The van der Waals surface area contributed by atoms with Gasteiger partial charge >= 0.3 is 0 Å². The molecule has 0 aliphatic carbocycles. The predicted molar refractivity (Wildman–Crippen MR) is 130 cm³/mol. The molecule has 1 heterocycles. The van der Waals surface area contributed by atoms with Gasteiger partial charge in [-0.05, 0) is 49.5 Å². The van der Waals surface area contributed by atoms with E-state index >= 15 is 0 Å². The molecule has 0 unspecified atom stereocenters. The normalized spacial score (nSPS) is 12.4. The first kappa shape index (κ1) is 32.1. The first-order chi connectivity index (χ1) is 14.7. The van der Waals surface area contributed by atoms with E-state index in [0.29, 0.717) is 17.2 Å². The Labute approximate surface area is 212 Å². The van der Waals surface area contributed by atoms with E-state index in [1.54, 1.807) is 72.8 Å². The Balaban J connectivity index is 0. The number of aromatic hydroxyl groups is 3. The molecule has 32 heavy (non-hydrogen) atoms. The summed E-state index contributed by atoms with van der Waals surface area (Å²) in [5, 5.41) is 36.7. The molecule has 0 amide bonds. The van der Waals surface area contributed by atoms with E-state index < -0.39 is 0 Å². The maximum Gasteiger partial charge on any atom is 0.115 e. The zero-order valence-electron chi connectivity index (χ0n) is 18.1. The second-order valence-corrected chi connectivity index (χ2v) is 6.18. The van der Waals surface area contributed by atoms with Crippen molar-refractivity contribution in [1.29, 1.82) is 0 Å². The molecule has 3 aromatic rings. The van der Waals surface area contributed by atoms with Crippen molar-refractivity contribution >= 4 is 12.4 Å². The van der Waals surface area contributed by atoms with Crippen molar-refractivity contribution in [2.24, 2.45) is 0 Å². The second-order valence-electron chi connectivity index (χ2n) is 6.18. The van der Waals surface area contributed by atoms with E-state index in [9.17, 15) is 0 Å². The van der Waals surface area contributed by atoms with Crippen LogP contribution in [0.15, 0.2) is 91.0 Å². The standard InChI is InChI=1S/C6H14N3.3C6H6O.ClH.Ti/c1-2-8-5-6-9-4-3-7-1;3*7-6-4-2-1-3-5-6;;/h7-8H,1-6H2;3*1-5,7H;1H;/q-1;;;;;. The molecule has 5 N–H and O–H groups in total. The van der Waals surface area contributed by atoms with Crippen LogP contribution in [0.1, 0.15) is 0 Å². The SMILES string of the molecule is C1CNCCNCC[N-]1.Cl.Oc1ccccc1.Oc1ccccc1.Oc1ccccc1.[Ti]. The van der Waals surface area contributed by atoms with Crippen LogP contribution in [-0.4, -0.2) is 54.6 Å². The largest absolute Gasteiger partial charge is 0.660 e. The summed E-state index contributed by atoms with van der Waals surface area (Å²) in [5.41, 5.74) is 0. The van der Waals surface area contributed by atoms with Crippen molar-refractivity contribution < 1.29 is 37.0 Å². The van der Waals surface area contributed by atoms with Crippen LogP contribution in [0.3, 0.4) is 0 Å². The van der Waals surface area contributed by atoms with E-state index in [-0.39, 0.29) is 34.1 Å². The van der Waals surface area contributed by atoms with Crippen molar-refractivity contribution in [3.8, 4) is 17.2 Å². The molecule has 0 spiro atoms. The number of nitrogens with one attached hydrogen (secondary N) is 2. The van der Waals surface area contributed by atoms with Gasteiger partial charge in [0, 0.05) is 34.8 Å². The van der Waals surface area contributed by atoms with Gasteiger partial charge in [-0.1, -0.05) is 54.6 Å². The zero-order valence-corrected chi connectivity index (χ0v) is 20.5. The fourth-order valence-electron chi connectivity index (χ4n) is 2.14. The molecule has 1 fully saturated rings. The number of hydrogen-bond donors (Lipinski definition) is 5. The minimum atomic E-state index is 0. The van der Waals surface area contributed by atoms with Gasteiger partial charge in [0.05, 0.1) is 0 Å². The van der Waals surface area contributed by atoms with Crippen LogP contribution in [0.25, 0.3) is 5.32 Å². The molecule has 0 radical (unpaired) electrons. The summed E-state index contributed by atoms with van der Waals surface area (Å²) in [6.45, 7) is 6.19. The van der Waals surface area contributed by atoms with Crippen LogP contribution < -0.4 is 10.6 Å². The van der Waals surface area contributed by atoms with Gasteiger partial charge < -0.3 is 31.3 Å². The van der Waals surface area contributed by atoms with Gasteiger partial charge in [-0.2, -0.15) is 0 Å². The Kier molecular flexibility index (Phi) is 23.7. The van der Waals surface area contributed by atoms with Crippen LogP contribution in [0.5, 0.6) is 17.2 Å². The van der Waals surface area contributed by atoms with Crippen LogP contribution in [0.2, 0.25) is 0 Å². The van der Waals surface area contributed by atoms with Crippen LogP contribution in [-0.2, 0) is 21.7 Å². The molecule has 0 bridgehead atoms. The van der Waals surface area contributed by atoms with Crippen LogP contribution in [0.4, 0.5) is 0 Å². The Hall–Kier alpha value is -2.06. The summed E-state index contributed by atoms with van der Waals surface area (Å²) < 4.78 is 0. The van der Waals surface area contributed by atoms with Crippen LogP contribution in [0, 0.1) is 0 Å². The summed E-state index contributed by atoms with van der Waals surface area (Å²) in [6.07, 6.45) is 0. The number of nitrogens with zero attached hydrogens (tertiary/aromatic N) is 1. The summed E-state index contributed by atoms with van der Waals surface area (Å²) in [4.78, 5) is 0. The molecule has 6 nitrogen and oxygen atoms in total. The molecule has 0 saturated carbocycles. The third-order valence-electron chi connectivity index (χ3n) is 3.64. The molecule has 0 atom stereocenters. The number of phenols is 3. The number of phenolic OH excluding ortho intramolecular Hbond substituents is 3. The Bertz CT molecular complexity index is 624. The first-order valence-corrected chi connectivity index (χ1v) is 9.95. The van der Waals surface area contributed by atoms with E-state index in [2.05, 4.69) is 16.0 Å². The number of para-hydroxylation sites is 3. The third kappa shape index (κ3) is 21.2. The number of halogens is 1. The number of hydrogen-bond acceptors (Lipinski definition) is 5. The molecule has 4 rings (SSSR count). The second kappa shape index (κ2) is 23.6. The molecule has 174 valence electrons. The van der Waals surface area contributed by atoms with E-state index in [1.807, 2.05) is 18.2 Å². The summed E-state index contributed by atoms with van der Waals surface area (Å²) in [7, 11) is 0. The smallest absolute Gasteiger partial charge is 0.115 e. The topological polar surface area (TPSA) is 98.9 Å². The molecule has 1 aliphatic heterocycles. The average molecular weight is 495 g/mol. The summed E-state index contributed by atoms with van der Waals surface area (Å²) in [5.74, 6) is 0.965. The van der Waals surface area contributed by atoms with Crippen molar-refractivity contribution in [2.45, 2.75) is 0 Å². The van der Waals surface area contributed by atoms with Gasteiger partial charge in [0.15, 0.2) is 0 Å². The van der Waals surface area contributed by atoms with Crippen molar-refractivity contribution in [1.82, 2.24) is 10.6 Å². The predicted octanol–water partition coefficient (Wildman–Crippen LogP) is 4.15. The molecular weight excluding hydrogens is 462 g/mol. The molecular formula is C24H33ClN3O3Ti-. The van der Waals surface area contributed by atoms with Crippen molar-refractivity contribution in [3.63, 3.8) is 0 Å². The van der Waals surface area contributed by atoms with Gasteiger partial charge in [-0.15, -0.1) is 25.5 Å². The van der Waals surface area contributed by atoms with E-state index in [1.165, 1.54) is 0 Å². The van der Waals surface area contributed by atoms with E-state index in [4.69, 9.17) is 15.3 Å². The molecule has 8 heteroatoms. The van der Waals surface area contributed by atoms with Gasteiger partial charge in [0.2, 0.25) is 0 Å². The van der Waals surface area contributed by atoms with E-state index in [0.717, 1.165) is 39.3 Å². The van der Waals surface area contributed by atoms with Crippen molar-refractivity contribution in [3.05, 3.63) is 96.3 Å². The Morgan fingerprint density at radius 3 is 1.00 bits per heavy atom. The first-order valence-electron chi connectivity index (χ1n) is 9.95. The van der Waals surface area contributed by atoms with Crippen molar-refractivity contribution in [2.75, 3.05) is 39.3 Å². The third-order valence-corrected chi connectivity index (χ3v) is 3.64. The van der Waals surface area contributed by atoms with Gasteiger partial charge in [-0.3, -0.25) is 0 Å². The minimum absolute atomic E-state index is 0.